The molecule has 0 spiro atoms. The summed E-state index contributed by atoms with van der Waals surface area (Å²) in [6, 6.07) is 0. The van der Waals surface area contributed by atoms with Gasteiger partial charge in [-0.15, -0.1) is 0 Å². The fourth-order valence-corrected chi connectivity index (χ4v) is 2.98. The molecular formula is C15H26N2O. The molecular weight excluding hydrogens is 224 g/mol. The average molecular weight is 250 g/mol. The third-order valence-corrected chi connectivity index (χ3v) is 4.30. The minimum Gasteiger partial charge on any atom is -0.314 e. The van der Waals surface area contributed by atoms with E-state index in [0.29, 0.717) is 5.78 Å². The highest BCUT2D eigenvalue weighted by molar-refractivity contribution is 6.02. The molecule has 0 amide bonds. The number of piperazine rings is 1. The lowest BCUT2D eigenvalue weighted by Crippen LogP contribution is -2.57. The summed E-state index contributed by atoms with van der Waals surface area (Å²) in [5.41, 5.74) is 0.745. The Balaban J connectivity index is 2.07. The standard InChI is InChI=1S/C15H26N2O/c1-15(2,17-11-9-16-10-12-17)14(18)13-7-5-3-4-6-8-13/h7,16H,3-6,8-12H2,1-2H3. The summed E-state index contributed by atoms with van der Waals surface area (Å²) < 4.78 is 0. The molecule has 0 unspecified atom stereocenters. The van der Waals surface area contributed by atoms with Crippen LogP contribution in [-0.4, -0.2) is 42.4 Å². The zero-order valence-corrected chi connectivity index (χ0v) is 11.8. The van der Waals surface area contributed by atoms with Crippen molar-refractivity contribution in [3.05, 3.63) is 11.6 Å². The van der Waals surface area contributed by atoms with Crippen LogP contribution in [0.4, 0.5) is 0 Å². The van der Waals surface area contributed by atoms with Crippen LogP contribution < -0.4 is 5.32 Å². The lowest BCUT2D eigenvalue weighted by molar-refractivity contribution is -0.126. The number of carbonyl (C=O) groups is 1. The van der Waals surface area contributed by atoms with E-state index in [1.165, 1.54) is 19.3 Å². The van der Waals surface area contributed by atoms with Crippen LogP contribution in [0.2, 0.25) is 0 Å². The highest BCUT2D eigenvalue weighted by Gasteiger charge is 2.36. The lowest BCUT2D eigenvalue weighted by atomic mass is 9.88. The Morgan fingerprint density at radius 1 is 1.22 bits per heavy atom. The second kappa shape index (κ2) is 5.98. The van der Waals surface area contributed by atoms with Crippen molar-refractivity contribution < 1.29 is 4.79 Å². The van der Waals surface area contributed by atoms with Crippen LogP contribution in [0.15, 0.2) is 11.6 Å². The predicted octanol–water partition coefficient (Wildman–Crippen LogP) is 2.13. The number of nitrogens with zero attached hydrogens (tertiary/aromatic N) is 1. The number of ketones is 1. The molecule has 1 saturated heterocycles. The Morgan fingerprint density at radius 3 is 2.67 bits per heavy atom. The Bertz CT molecular complexity index is 327. The fraction of sp³-hybridized carbons (Fsp3) is 0.800. The smallest absolute Gasteiger partial charge is 0.178 e. The van der Waals surface area contributed by atoms with Crippen molar-refractivity contribution in [2.75, 3.05) is 26.2 Å². The Hall–Kier alpha value is -0.670. The van der Waals surface area contributed by atoms with Crippen LogP contribution in [0.5, 0.6) is 0 Å². The minimum absolute atomic E-state index is 0.335. The van der Waals surface area contributed by atoms with Gasteiger partial charge in [0.2, 0.25) is 0 Å². The first-order valence-electron chi connectivity index (χ1n) is 7.32. The molecule has 0 aromatic heterocycles. The number of Topliss-reactive ketones (excluding diaryl/α,β-unsaturated/α-hetero) is 1. The maximum atomic E-state index is 12.7. The van der Waals surface area contributed by atoms with Crippen molar-refractivity contribution in [1.82, 2.24) is 10.2 Å². The summed E-state index contributed by atoms with van der Waals surface area (Å²) in [6.45, 7) is 8.13. The van der Waals surface area contributed by atoms with Crippen LogP contribution in [0.3, 0.4) is 0 Å². The van der Waals surface area contributed by atoms with Crippen molar-refractivity contribution in [2.45, 2.75) is 51.5 Å². The van der Waals surface area contributed by atoms with Gasteiger partial charge in [-0.2, -0.15) is 0 Å². The number of hydrogen-bond acceptors (Lipinski definition) is 3. The first-order chi connectivity index (χ1) is 8.62. The van der Waals surface area contributed by atoms with Gasteiger partial charge in [0.25, 0.3) is 0 Å². The summed E-state index contributed by atoms with van der Waals surface area (Å²) in [6.07, 6.45) is 7.94. The van der Waals surface area contributed by atoms with Gasteiger partial charge in [-0.3, -0.25) is 9.69 Å². The van der Waals surface area contributed by atoms with Crippen LogP contribution in [0.1, 0.15) is 46.0 Å². The van der Waals surface area contributed by atoms with E-state index in [1.807, 2.05) is 0 Å². The van der Waals surface area contributed by atoms with Crippen LogP contribution in [0, 0.1) is 0 Å². The summed E-state index contributed by atoms with van der Waals surface area (Å²) in [4.78, 5) is 15.1. The van der Waals surface area contributed by atoms with E-state index in [2.05, 4.69) is 30.1 Å². The molecule has 3 heteroatoms. The molecule has 0 aromatic rings. The van der Waals surface area contributed by atoms with Crippen LogP contribution >= 0.6 is 0 Å². The first-order valence-corrected chi connectivity index (χ1v) is 7.32. The second-order valence-electron chi connectivity index (χ2n) is 5.95. The molecule has 2 aliphatic rings. The summed E-state index contributed by atoms with van der Waals surface area (Å²) in [7, 11) is 0. The van der Waals surface area contributed by atoms with E-state index in [4.69, 9.17) is 0 Å². The third kappa shape index (κ3) is 3.01. The maximum Gasteiger partial charge on any atom is 0.178 e. The fourth-order valence-electron chi connectivity index (χ4n) is 2.98. The first kappa shape index (κ1) is 13.8. The number of hydrogen-bond donors (Lipinski definition) is 1. The number of carbonyl (C=O) groups excluding carboxylic acids is 1. The maximum absolute atomic E-state index is 12.7. The zero-order chi connectivity index (χ0) is 13.0. The molecule has 1 aliphatic carbocycles. The largest absolute Gasteiger partial charge is 0.314 e. The summed E-state index contributed by atoms with van der Waals surface area (Å²) in [5, 5.41) is 3.35. The zero-order valence-electron chi connectivity index (χ0n) is 11.8. The molecule has 102 valence electrons. The van der Waals surface area contributed by atoms with Gasteiger partial charge < -0.3 is 5.32 Å². The normalized spacial score (nSPS) is 23.3. The van der Waals surface area contributed by atoms with Crippen molar-refractivity contribution in [2.24, 2.45) is 0 Å². The second-order valence-corrected chi connectivity index (χ2v) is 5.95. The van der Waals surface area contributed by atoms with Gasteiger partial charge in [-0.25, -0.2) is 0 Å². The molecule has 1 heterocycles. The Morgan fingerprint density at radius 2 is 1.94 bits per heavy atom. The van der Waals surface area contributed by atoms with E-state index in [1.54, 1.807) is 0 Å². The number of allylic oxidation sites excluding steroid dienone is 1. The lowest BCUT2D eigenvalue weighted by Gasteiger charge is -2.40. The van der Waals surface area contributed by atoms with E-state index < -0.39 is 0 Å². The average Bonchev–Trinajstić information content (AvgIpc) is 2.67. The highest BCUT2D eigenvalue weighted by Crippen LogP contribution is 2.26. The van der Waals surface area contributed by atoms with Crippen molar-refractivity contribution in [1.29, 1.82) is 0 Å². The summed E-state index contributed by atoms with van der Waals surface area (Å²) >= 11 is 0. The SMILES string of the molecule is CC(C)(C(=O)C1=CCCCCC1)N1CCNCC1. The van der Waals surface area contributed by atoms with E-state index in [-0.39, 0.29) is 5.54 Å². The number of nitrogens with one attached hydrogen (secondary N) is 1. The molecule has 0 aromatic carbocycles. The summed E-state index contributed by atoms with van der Waals surface area (Å²) in [5.74, 6) is 0.353. The van der Waals surface area contributed by atoms with Gasteiger partial charge >= 0.3 is 0 Å². The molecule has 2 rings (SSSR count). The van der Waals surface area contributed by atoms with Gasteiger partial charge in [-0.1, -0.05) is 12.5 Å². The Kier molecular flexibility index (Phi) is 4.57. The van der Waals surface area contributed by atoms with Crippen LogP contribution in [-0.2, 0) is 4.79 Å². The van der Waals surface area contributed by atoms with Gasteiger partial charge in [0, 0.05) is 26.2 Å². The molecule has 1 N–H and O–H groups in total. The number of rotatable bonds is 3. The molecule has 1 aliphatic heterocycles. The minimum atomic E-state index is -0.335. The van der Waals surface area contributed by atoms with E-state index in [0.717, 1.165) is 44.6 Å². The van der Waals surface area contributed by atoms with Crippen molar-refractivity contribution in [3.63, 3.8) is 0 Å². The van der Waals surface area contributed by atoms with Crippen LogP contribution in [0.25, 0.3) is 0 Å². The molecule has 3 nitrogen and oxygen atoms in total. The monoisotopic (exact) mass is 250 g/mol. The van der Waals surface area contributed by atoms with Gasteiger partial charge in [-0.05, 0) is 45.1 Å². The molecule has 18 heavy (non-hydrogen) atoms. The topological polar surface area (TPSA) is 32.3 Å². The molecule has 1 fully saturated rings. The third-order valence-electron chi connectivity index (χ3n) is 4.30. The Labute approximate surface area is 111 Å². The van der Waals surface area contributed by atoms with Gasteiger partial charge in [0.1, 0.15) is 0 Å². The quantitative estimate of drug-likeness (QED) is 0.833. The molecule has 0 atom stereocenters. The van der Waals surface area contributed by atoms with E-state index in [9.17, 15) is 4.79 Å². The van der Waals surface area contributed by atoms with Crippen molar-refractivity contribution in [3.8, 4) is 0 Å². The highest BCUT2D eigenvalue weighted by atomic mass is 16.1. The van der Waals surface area contributed by atoms with E-state index >= 15 is 0 Å². The molecule has 0 saturated carbocycles. The van der Waals surface area contributed by atoms with Gasteiger partial charge in [0.15, 0.2) is 5.78 Å². The van der Waals surface area contributed by atoms with Gasteiger partial charge in [0.05, 0.1) is 5.54 Å². The molecule has 0 bridgehead atoms. The molecule has 0 radical (unpaired) electrons. The predicted molar refractivity (Wildman–Crippen MR) is 74.7 cm³/mol. The van der Waals surface area contributed by atoms with Crippen molar-refractivity contribution >= 4 is 5.78 Å².